The summed E-state index contributed by atoms with van der Waals surface area (Å²) < 4.78 is 10.2. The minimum Gasteiger partial charge on any atom is -0.463 e. The van der Waals surface area contributed by atoms with E-state index in [4.69, 9.17) is 9.47 Å². The van der Waals surface area contributed by atoms with Gasteiger partial charge in [0, 0.05) is 19.3 Å². The zero-order chi connectivity index (χ0) is 29.0. The standard InChI is InChI=1S/C33H58O6/c1-4-5-17-23-30(34)24-19-14-9-7-6-8-10-15-20-25-32(36)38-27-31(35)28-39-33(37)26-21-16-12-11-13-18-22-29(2)3/h9,14,19,24,29,31,35H,4-8,10-13,15-18,20-23,25-28H2,1-3H3/b14-9-,24-19+/t31-/m0/s1. The molecule has 0 aromatic heterocycles. The zero-order valence-corrected chi connectivity index (χ0v) is 25.3. The lowest BCUT2D eigenvalue weighted by Crippen LogP contribution is -2.25. The maximum Gasteiger partial charge on any atom is 0.305 e. The minimum atomic E-state index is -0.985. The zero-order valence-electron chi connectivity index (χ0n) is 25.3. The summed E-state index contributed by atoms with van der Waals surface area (Å²) in [5.74, 6) is 0.336. The number of carbonyl (C=O) groups is 3. The van der Waals surface area contributed by atoms with Crippen LogP contribution in [0.4, 0.5) is 0 Å². The van der Waals surface area contributed by atoms with Crippen molar-refractivity contribution in [3.63, 3.8) is 0 Å². The Balaban J connectivity index is 3.56. The Morgan fingerprint density at radius 2 is 1.18 bits per heavy atom. The topological polar surface area (TPSA) is 89.9 Å². The van der Waals surface area contributed by atoms with Crippen molar-refractivity contribution in [2.45, 2.75) is 149 Å². The van der Waals surface area contributed by atoms with Crippen LogP contribution in [0.15, 0.2) is 24.3 Å². The van der Waals surface area contributed by atoms with Crippen LogP contribution in [0.2, 0.25) is 0 Å². The van der Waals surface area contributed by atoms with E-state index in [1.54, 1.807) is 6.08 Å². The van der Waals surface area contributed by atoms with Crippen molar-refractivity contribution in [3.8, 4) is 0 Å². The molecule has 0 radical (unpaired) electrons. The van der Waals surface area contributed by atoms with E-state index in [-0.39, 0.29) is 30.9 Å². The third kappa shape index (κ3) is 28.9. The predicted molar refractivity (Wildman–Crippen MR) is 159 cm³/mol. The Labute approximate surface area is 239 Å². The van der Waals surface area contributed by atoms with Crippen molar-refractivity contribution in [2.24, 2.45) is 5.92 Å². The Morgan fingerprint density at radius 1 is 0.667 bits per heavy atom. The first kappa shape index (κ1) is 37.0. The van der Waals surface area contributed by atoms with E-state index < -0.39 is 6.10 Å². The number of hydrogen-bond acceptors (Lipinski definition) is 6. The lowest BCUT2D eigenvalue weighted by Gasteiger charge is -2.12. The third-order valence-corrected chi connectivity index (χ3v) is 6.59. The fraction of sp³-hybridized carbons (Fsp3) is 0.788. The molecule has 0 aromatic rings. The van der Waals surface area contributed by atoms with Gasteiger partial charge in [-0.25, -0.2) is 0 Å². The Hall–Kier alpha value is -1.95. The molecule has 226 valence electrons. The Kier molecular flexibility index (Phi) is 26.2. The van der Waals surface area contributed by atoms with E-state index in [0.717, 1.165) is 83.0 Å². The average Bonchev–Trinajstić information content (AvgIpc) is 2.90. The molecule has 39 heavy (non-hydrogen) atoms. The first-order valence-corrected chi connectivity index (χ1v) is 15.7. The lowest BCUT2D eigenvalue weighted by molar-refractivity contribution is -0.152. The largest absolute Gasteiger partial charge is 0.463 e. The summed E-state index contributed by atoms with van der Waals surface area (Å²) in [6, 6.07) is 0. The van der Waals surface area contributed by atoms with Crippen molar-refractivity contribution in [2.75, 3.05) is 13.2 Å². The summed E-state index contributed by atoms with van der Waals surface area (Å²) in [6.45, 7) is 6.35. The van der Waals surface area contributed by atoms with Crippen molar-refractivity contribution >= 4 is 17.7 Å². The highest BCUT2D eigenvalue weighted by molar-refractivity contribution is 5.89. The summed E-state index contributed by atoms with van der Waals surface area (Å²) >= 11 is 0. The molecule has 0 saturated carbocycles. The monoisotopic (exact) mass is 550 g/mol. The number of rotatable bonds is 27. The lowest BCUT2D eigenvalue weighted by atomic mass is 10.0. The number of ether oxygens (including phenoxy) is 2. The van der Waals surface area contributed by atoms with Crippen LogP contribution in [-0.2, 0) is 23.9 Å². The minimum absolute atomic E-state index is 0.138. The highest BCUT2D eigenvalue weighted by Gasteiger charge is 2.12. The van der Waals surface area contributed by atoms with Crippen LogP contribution in [0.5, 0.6) is 0 Å². The van der Waals surface area contributed by atoms with Crippen LogP contribution in [0.25, 0.3) is 0 Å². The highest BCUT2D eigenvalue weighted by atomic mass is 16.6. The molecule has 1 N–H and O–H groups in total. The molecule has 0 aliphatic heterocycles. The average molecular weight is 551 g/mol. The van der Waals surface area contributed by atoms with Gasteiger partial charge in [0.15, 0.2) is 5.78 Å². The van der Waals surface area contributed by atoms with Gasteiger partial charge in [-0.05, 0) is 44.1 Å². The van der Waals surface area contributed by atoms with Gasteiger partial charge in [-0.1, -0.05) is 110 Å². The van der Waals surface area contributed by atoms with Crippen LogP contribution in [0.1, 0.15) is 143 Å². The van der Waals surface area contributed by atoms with Crippen molar-refractivity contribution < 1.29 is 29.0 Å². The van der Waals surface area contributed by atoms with Crippen LogP contribution in [-0.4, -0.2) is 42.1 Å². The number of carbonyl (C=O) groups excluding carboxylic acids is 3. The molecule has 0 spiro atoms. The third-order valence-electron chi connectivity index (χ3n) is 6.59. The van der Waals surface area contributed by atoms with E-state index in [1.807, 2.05) is 12.2 Å². The molecule has 1 atom stereocenters. The molecule has 6 heteroatoms. The second-order valence-corrected chi connectivity index (χ2v) is 11.1. The van der Waals surface area contributed by atoms with Gasteiger partial charge in [0.2, 0.25) is 0 Å². The number of ketones is 1. The van der Waals surface area contributed by atoms with E-state index in [9.17, 15) is 19.5 Å². The summed E-state index contributed by atoms with van der Waals surface area (Å²) in [4.78, 5) is 35.3. The molecular formula is C33H58O6. The Morgan fingerprint density at radius 3 is 1.74 bits per heavy atom. The van der Waals surface area contributed by atoms with Gasteiger partial charge in [0.25, 0.3) is 0 Å². The van der Waals surface area contributed by atoms with Crippen LogP contribution < -0.4 is 0 Å². The molecule has 0 amide bonds. The second-order valence-electron chi connectivity index (χ2n) is 11.1. The van der Waals surface area contributed by atoms with Gasteiger partial charge in [-0.15, -0.1) is 0 Å². The maximum absolute atomic E-state index is 11.9. The maximum atomic E-state index is 11.9. The van der Waals surface area contributed by atoms with E-state index in [2.05, 4.69) is 26.8 Å². The fourth-order valence-corrected chi connectivity index (χ4v) is 4.13. The molecule has 0 unspecified atom stereocenters. The van der Waals surface area contributed by atoms with E-state index >= 15 is 0 Å². The number of hydrogen-bond donors (Lipinski definition) is 1. The van der Waals surface area contributed by atoms with Gasteiger partial charge in [0.1, 0.15) is 19.3 Å². The number of allylic oxidation sites excluding steroid dienone is 4. The summed E-state index contributed by atoms with van der Waals surface area (Å²) in [5.41, 5.74) is 0. The van der Waals surface area contributed by atoms with Gasteiger partial charge in [-0.2, -0.15) is 0 Å². The number of aliphatic hydroxyl groups is 1. The first-order valence-electron chi connectivity index (χ1n) is 15.7. The van der Waals surface area contributed by atoms with Crippen LogP contribution in [0, 0.1) is 5.92 Å². The van der Waals surface area contributed by atoms with Gasteiger partial charge in [0.05, 0.1) is 0 Å². The van der Waals surface area contributed by atoms with Crippen molar-refractivity contribution in [1.82, 2.24) is 0 Å². The highest BCUT2D eigenvalue weighted by Crippen LogP contribution is 2.12. The smallest absolute Gasteiger partial charge is 0.305 e. The van der Waals surface area contributed by atoms with Gasteiger partial charge >= 0.3 is 11.9 Å². The van der Waals surface area contributed by atoms with Crippen LogP contribution in [0.3, 0.4) is 0 Å². The summed E-state index contributed by atoms with van der Waals surface area (Å²) in [5, 5.41) is 9.91. The molecular weight excluding hydrogens is 492 g/mol. The fourth-order valence-electron chi connectivity index (χ4n) is 4.13. The normalized spacial score (nSPS) is 12.4. The number of esters is 2. The molecule has 0 aliphatic carbocycles. The first-order chi connectivity index (χ1) is 18.8. The van der Waals surface area contributed by atoms with E-state index in [1.165, 1.54) is 25.7 Å². The molecule has 0 aromatic carbocycles. The second kappa shape index (κ2) is 27.6. The van der Waals surface area contributed by atoms with E-state index in [0.29, 0.717) is 19.3 Å². The molecule has 0 bridgehead atoms. The van der Waals surface area contributed by atoms with Gasteiger partial charge in [-0.3, -0.25) is 14.4 Å². The quantitative estimate of drug-likeness (QED) is 0.0480. The molecule has 0 heterocycles. The summed E-state index contributed by atoms with van der Waals surface area (Å²) in [7, 11) is 0. The summed E-state index contributed by atoms with van der Waals surface area (Å²) in [6.07, 6.45) is 25.1. The SMILES string of the molecule is CCCCCC(=O)/C=C/C=C\CCCCCCCC(=O)OC[C@H](O)COC(=O)CCCCCCCCC(C)C. The number of aliphatic hydroxyl groups excluding tert-OH is 1. The van der Waals surface area contributed by atoms with Crippen molar-refractivity contribution in [1.29, 1.82) is 0 Å². The van der Waals surface area contributed by atoms with Gasteiger partial charge < -0.3 is 14.6 Å². The molecule has 0 saturated heterocycles. The molecule has 0 aliphatic rings. The Bertz CT molecular complexity index is 667. The van der Waals surface area contributed by atoms with Crippen molar-refractivity contribution in [3.05, 3.63) is 24.3 Å². The van der Waals surface area contributed by atoms with Crippen LogP contribution >= 0.6 is 0 Å². The molecule has 6 nitrogen and oxygen atoms in total. The predicted octanol–water partition coefficient (Wildman–Crippen LogP) is 8.20. The number of unbranched alkanes of at least 4 members (excludes halogenated alkanes) is 12. The molecule has 0 fully saturated rings. The molecule has 0 rings (SSSR count).